The molecule has 8 nitrogen and oxygen atoms in total. The summed E-state index contributed by atoms with van der Waals surface area (Å²) in [4.78, 5) is 15.8. The lowest BCUT2D eigenvalue weighted by atomic mass is 10.00. The molecule has 0 spiro atoms. The normalized spacial score (nSPS) is 14.3. The number of anilines is 1. The lowest BCUT2D eigenvalue weighted by molar-refractivity contribution is 0.105. The summed E-state index contributed by atoms with van der Waals surface area (Å²) >= 11 is 7.87. The summed E-state index contributed by atoms with van der Waals surface area (Å²) in [5.41, 5.74) is 1.74. The molecule has 2 aromatic heterocycles. The fourth-order valence-corrected chi connectivity index (χ4v) is 5.33. The van der Waals surface area contributed by atoms with Crippen molar-refractivity contribution in [1.82, 2.24) is 19.5 Å². The van der Waals surface area contributed by atoms with E-state index < -0.39 is 5.82 Å². The Labute approximate surface area is 198 Å². The van der Waals surface area contributed by atoms with Crippen LogP contribution in [0.1, 0.15) is 6.92 Å². The zero-order valence-electron chi connectivity index (χ0n) is 18.0. The number of ether oxygens (including phenoxy) is 2. The minimum absolute atomic E-state index is 0.251. The van der Waals surface area contributed by atoms with E-state index in [0.717, 1.165) is 10.4 Å². The lowest BCUT2D eigenvalue weighted by Gasteiger charge is -2.34. The van der Waals surface area contributed by atoms with E-state index in [2.05, 4.69) is 19.5 Å². The van der Waals surface area contributed by atoms with E-state index in [9.17, 15) is 4.79 Å². The van der Waals surface area contributed by atoms with Gasteiger partial charge in [-0.3, -0.25) is 5.10 Å². The van der Waals surface area contributed by atoms with Crippen molar-refractivity contribution in [3.63, 3.8) is 0 Å². The number of H-pyrrole nitrogens is 1. The van der Waals surface area contributed by atoms with Gasteiger partial charge in [0.2, 0.25) is 0 Å². The van der Waals surface area contributed by atoms with Crippen LogP contribution in [-0.2, 0) is 4.74 Å². The first-order valence-corrected chi connectivity index (χ1v) is 11.6. The summed E-state index contributed by atoms with van der Waals surface area (Å²) in [5.74, 6) is 0.0854. The highest BCUT2D eigenvalue weighted by Gasteiger charge is 2.27. The number of halogens is 2. The number of methoxy groups -OCH3 is 1. The molecular weight excluding hydrogens is 469 g/mol. The van der Waals surface area contributed by atoms with E-state index in [1.54, 1.807) is 37.3 Å². The first-order chi connectivity index (χ1) is 16.0. The van der Waals surface area contributed by atoms with Crippen LogP contribution in [0.25, 0.3) is 32.9 Å². The molecule has 0 aliphatic carbocycles. The number of nitrogens with one attached hydrogen (secondary N) is 1. The van der Waals surface area contributed by atoms with E-state index in [0.29, 0.717) is 55.0 Å². The maximum atomic E-state index is 15.8. The van der Waals surface area contributed by atoms with E-state index in [4.69, 9.17) is 21.1 Å². The van der Waals surface area contributed by atoms with Gasteiger partial charge in [0.05, 0.1) is 30.5 Å². The molecule has 2 aromatic carbocycles. The van der Waals surface area contributed by atoms with Crippen LogP contribution < -0.4 is 9.64 Å². The molecule has 0 radical (unpaired) electrons. The average Bonchev–Trinajstić information content (AvgIpc) is 3.46. The van der Waals surface area contributed by atoms with E-state index in [-0.39, 0.29) is 22.2 Å². The monoisotopic (exact) mass is 489 g/mol. The van der Waals surface area contributed by atoms with Crippen LogP contribution in [-0.4, -0.2) is 65.5 Å². The quantitative estimate of drug-likeness (QED) is 0.438. The number of carbonyl (C=O) groups is 1. The Morgan fingerprint density at radius 1 is 1.27 bits per heavy atom. The van der Waals surface area contributed by atoms with Crippen molar-refractivity contribution in [2.24, 2.45) is 0 Å². The molecule has 1 amide bonds. The Kier molecular flexibility index (Phi) is 5.71. The number of nitrogens with zero attached hydrogens (tertiary/aromatic N) is 4. The Morgan fingerprint density at radius 2 is 2.06 bits per heavy atom. The van der Waals surface area contributed by atoms with Crippen LogP contribution in [0, 0.1) is 5.82 Å². The lowest BCUT2D eigenvalue weighted by Crippen LogP contribution is -2.48. The highest BCUT2D eigenvalue weighted by atomic mass is 35.5. The number of amides is 1. The molecule has 33 heavy (non-hydrogen) atoms. The van der Waals surface area contributed by atoms with E-state index in [1.807, 2.05) is 6.07 Å². The number of aromatic nitrogens is 3. The third kappa shape index (κ3) is 3.72. The standard InChI is InChI=1S/C22H21ClFN5O3S/c1-3-32-22(30)29-6-4-28(5-7-29)21-15-10-16(23)17(18(24)20(15)27-33-21)14-9-13(31-2)8-12-11-25-26-19(12)14/h8-11H,3-7H2,1-2H3,(H,25,26). The summed E-state index contributed by atoms with van der Waals surface area (Å²) < 4.78 is 30.7. The molecular formula is C22H21ClFN5O3S. The molecule has 1 saturated heterocycles. The molecule has 1 fully saturated rings. The molecule has 1 aliphatic heterocycles. The summed E-state index contributed by atoms with van der Waals surface area (Å²) in [6.45, 7) is 4.37. The Morgan fingerprint density at radius 3 is 2.79 bits per heavy atom. The van der Waals surface area contributed by atoms with Crippen molar-refractivity contribution >= 4 is 56.0 Å². The fourth-order valence-electron chi connectivity index (χ4n) is 4.13. The molecule has 5 rings (SSSR count). The van der Waals surface area contributed by atoms with Gasteiger partial charge in [-0.25, -0.2) is 9.18 Å². The molecule has 0 atom stereocenters. The number of aromatic amines is 1. The van der Waals surface area contributed by atoms with Crippen LogP contribution in [0.5, 0.6) is 5.75 Å². The van der Waals surface area contributed by atoms with Gasteiger partial charge in [0.25, 0.3) is 0 Å². The number of carbonyl (C=O) groups excluding carboxylic acids is 1. The highest BCUT2D eigenvalue weighted by molar-refractivity contribution is 7.11. The first kappa shape index (κ1) is 21.7. The van der Waals surface area contributed by atoms with Gasteiger partial charge in [0, 0.05) is 48.1 Å². The minimum Gasteiger partial charge on any atom is -0.497 e. The topological polar surface area (TPSA) is 83.6 Å². The van der Waals surface area contributed by atoms with Crippen molar-refractivity contribution in [1.29, 1.82) is 0 Å². The molecule has 0 bridgehead atoms. The highest BCUT2D eigenvalue weighted by Crippen LogP contribution is 2.43. The summed E-state index contributed by atoms with van der Waals surface area (Å²) in [7, 11) is 1.56. The molecule has 4 aromatic rings. The summed E-state index contributed by atoms with van der Waals surface area (Å²) in [5, 5.41) is 9.54. The van der Waals surface area contributed by atoms with Crippen molar-refractivity contribution in [3.8, 4) is 16.9 Å². The van der Waals surface area contributed by atoms with Crippen molar-refractivity contribution in [3.05, 3.63) is 35.2 Å². The maximum Gasteiger partial charge on any atom is 0.409 e. The van der Waals surface area contributed by atoms with Crippen LogP contribution in [0.15, 0.2) is 24.4 Å². The number of rotatable bonds is 4. The maximum absolute atomic E-state index is 15.8. The third-order valence-corrected chi connectivity index (χ3v) is 6.99. The van der Waals surface area contributed by atoms with Crippen LogP contribution >= 0.6 is 23.1 Å². The second-order valence-corrected chi connectivity index (χ2v) is 8.77. The first-order valence-electron chi connectivity index (χ1n) is 10.5. The van der Waals surface area contributed by atoms with E-state index >= 15 is 4.39 Å². The fraction of sp³-hybridized carbons (Fsp3) is 0.318. The van der Waals surface area contributed by atoms with Crippen molar-refractivity contribution in [2.75, 3.05) is 44.8 Å². The van der Waals surface area contributed by atoms with Crippen LogP contribution in [0.3, 0.4) is 0 Å². The predicted molar refractivity (Wildman–Crippen MR) is 127 cm³/mol. The van der Waals surface area contributed by atoms with Gasteiger partial charge < -0.3 is 19.3 Å². The second kappa shape index (κ2) is 8.68. The largest absolute Gasteiger partial charge is 0.497 e. The Balaban J connectivity index is 1.53. The SMILES string of the molecule is CCOC(=O)N1CCN(c2snc3c(F)c(-c4cc(OC)cc5cn[nH]c45)c(Cl)cc23)CC1. The molecule has 0 unspecified atom stereocenters. The average molecular weight is 490 g/mol. The number of piperazine rings is 1. The smallest absolute Gasteiger partial charge is 0.409 e. The van der Waals surface area contributed by atoms with Crippen molar-refractivity contribution < 1.29 is 18.7 Å². The molecule has 3 heterocycles. The van der Waals surface area contributed by atoms with Gasteiger partial charge in [0.15, 0.2) is 5.82 Å². The van der Waals surface area contributed by atoms with E-state index in [1.165, 1.54) is 11.5 Å². The zero-order chi connectivity index (χ0) is 23.1. The Hall–Kier alpha value is -3.11. The zero-order valence-corrected chi connectivity index (χ0v) is 19.6. The predicted octanol–water partition coefficient (Wildman–Crippen LogP) is 4.92. The van der Waals surface area contributed by atoms with Gasteiger partial charge >= 0.3 is 6.09 Å². The molecule has 172 valence electrons. The van der Waals surface area contributed by atoms with Crippen molar-refractivity contribution in [2.45, 2.75) is 6.92 Å². The van der Waals surface area contributed by atoms with Gasteiger partial charge in [0.1, 0.15) is 16.3 Å². The number of fused-ring (bicyclic) bond motifs is 2. The molecule has 1 N–H and O–H groups in total. The molecule has 1 aliphatic rings. The Bertz CT molecular complexity index is 1350. The van der Waals surface area contributed by atoms with Gasteiger partial charge in [-0.2, -0.15) is 9.47 Å². The summed E-state index contributed by atoms with van der Waals surface area (Å²) in [6, 6.07) is 5.32. The van der Waals surface area contributed by atoms with Crippen LogP contribution in [0.2, 0.25) is 5.02 Å². The van der Waals surface area contributed by atoms with Gasteiger partial charge in [-0.15, -0.1) is 0 Å². The molecule has 11 heteroatoms. The van der Waals surface area contributed by atoms with Gasteiger partial charge in [-0.05, 0) is 36.7 Å². The molecule has 0 saturated carbocycles. The van der Waals surface area contributed by atoms with Gasteiger partial charge in [-0.1, -0.05) is 11.6 Å². The van der Waals surface area contributed by atoms with Crippen LogP contribution in [0.4, 0.5) is 14.2 Å². The number of benzene rings is 2. The minimum atomic E-state index is -0.491. The summed E-state index contributed by atoms with van der Waals surface area (Å²) in [6.07, 6.45) is 1.34. The second-order valence-electron chi connectivity index (χ2n) is 7.61. The number of hydrogen-bond acceptors (Lipinski definition) is 7. The number of hydrogen-bond donors (Lipinski definition) is 1. The third-order valence-electron chi connectivity index (χ3n) is 5.77.